The summed E-state index contributed by atoms with van der Waals surface area (Å²) in [5.74, 6) is 0.243. The molecule has 5 aromatic rings. The molecule has 0 aliphatic rings. The number of methoxy groups -OCH3 is 1. The van der Waals surface area contributed by atoms with Crippen molar-refractivity contribution >= 4 is 49.9 Å². The van der Waals surface area contributed by atoms with Crippen molar-refractivity contribution in [1.29, 1.82) is 0 Å². The van der Waals surface area contributed by atoms with Gasteiger partial charge >= 0.3 is 0 Å². The van der Waals surface area contributed by atoms with Gasteiger partial charge < -0.3 is 14.6 Å². The first-order valence-electron chi connectivity index (χ1n) is 11.8. The average Bonchev–Trinajstić information content (AvgIpc) is 3.32. The molecule has 0 fully saturated rings. The van der Waals surface area contributed by atoms with Crippen LogP contribution in [0.5, 0.6) is 5.75 Å². The summed E-state index contributed by atoms with van der Waals surface area (Å²) < 4.78 is 7.81. The van der Waals surface area contributed by atoms with E-state index in [4.69, 9.17) is 16.3 Å². The maximum absolute atomic E-state index is 13.7. The summed E-state index contributed by atoms with van der Waals surface area (Å²) in [6.07, 6.45) is 0. The van der Waals surface area contributed by atoms with E-state index in [2.05, 4.69) is 20.6 Å². The lowest BCUT2D eigenvalue weighted by atomic mass is 10.1. The fourth-order valence-electron chi connectivity index (χ4n) is 4.19. The summed E-state index contributed by atoms with van der Waals surface area (Å²) in [6, 6.07) is 22.0. The number of fused-ring (bicyclic) bond motifs is 1. The van der Waals surface area contributed by atoms with E-state index in [0.717, 1.165) is 10.3 Å². The fraction of sp³-hybridized carbons (Fsp3) is 0.143. The minimum Gasteiger partial charge on any atom is -0.494 e. The highest BCUT2D eigenvalue weighted by molar-refractivity contribution is 7.22. The number of carbonyl (C=O) groups is 1. The molecule has 3 heterocycles. The van der Waals surface area contributed by atoms with E-state index in [-0.39, 0.29) is 18.0 Å². The largest absolute Gasteiger partial charge is 0.494 e. The second kappa shape index (κ2) is 11.0. The van der Waals surface area contributed by atoms with E-state index in [1.165, 1.54) is 22.0 Å². The molecule has 0 bridgehead atoms. The van der Waals surface area contributed by atoms with Crippen molar-refractivity contribution < 1.29 is 9.53 Å². The molecule has 0 saturated heterocycles. The van der Waals surface area contributed by atoms with Crippen molar-refractivity contribution in [3.05, 3.63) is 111 Å². The van der Waals surface area contributed by atoms with Gasteiger partial charge in [0, 0.05) is 18.3 Å². The lowest BCUT2D eigenvalue weighted by Gasteiger charge is -2.18. The Balaban J connectivity index is 1.53. The number of hydrogen-bond donors (Lipinski definition) is 2. The number of nitrogens with one attached hydrogen (secondary N) is 2. The lowest BCUT2D eigenvalue weighted by Crippen LogP contribution is -2.28. The van der Waals surface area contributed by atoms with Crippen LogP contribution in [-0.4, -0.2) is 27.6 Å². The second-order valence-corrected chi connectivity index (χ2v) is 9.93. The average molecular weight is 546 g/mol. The molecule has 192 valence electrons. The highest BCUT2D eigenvalue weighted by atomic mass is 35.5. The Kier molecular flexibility index (Phi) is 7.39. The molecule has 3 aromatic heterocycles. The number of amides is 1. The third-order valence-electron chi connectivity index (χ3n) is 6.04. The van der Waals surface area contributed by atoms with E-state index in [1.807, 2.05) is 48.5 Å². The van der Waals surface area contributed by atoms with Gasteiger partial charge in [0.05, 0.1) is 35.3 Å². The number of halogens is 1. The number of anilines is 2. The van der Waals surface area contributed by atoms with Crippen LogP contribution < -0.4 is 20.9 Å². The topological polar surface area (TPSA) is 98.1 Å². The first kappa shape index (κ1) is 25.4. The maximum atomic E-state index is 13.7. The molecule has 8 nitrogen and oxygen atoms in total. The highest BCUT2D eigenvalue weighted by Crippen LogP contribution is 2.32. The van der Waals surface area contributed by atoms with Crippen LogP contribution in [0.15, 0.2) is 77.6 Å². The minimum atomic E-state index is -0.385. The van der Waals surface area contributed by atoms with E-state index in [9.17, 15) is 9.59 Å². The quantitative estimate of drug-likeness (QED) is 0.241. The number of nitrogens with zero attached hydrogens (tertiary/aromatic N) is 3. The number of para-hydroxylation sites is 1. The number of hydrogen-bond acceptors (Lipinski definition) is 7. The molecule has 10 heteroatoms. The van der Waals surface area contributed by atoms with Crippen molar-refractivity contribution in [2.75, 3.05) is 17.7 Å². The van der Waals surface area contributed by atoms with Crippen molar-refractivity contribution in [1.82, 2.24) is 14.5 Å². The number of pyridine rings is 2. The zero-order valence-corrected chi connectivity index (χ0v) is 22.3. The molecule has 0 saturated carbocycles. The normalized spacial score (nSPS) is 10.9. The van der Waals surface area contributed by atoms with E-state index in [0.29, 0.717) is 50.7 Å². The van der Waals surface area contributed by atoms with Gasteiger partial charge in [-0.3, -0.25) is 14.9 Å². The molecule has 0 aliphatic heterocycles. The third kappa shape index (κ3) is 5.39. The Labute approximate surface area is 227 Å². The molecule has 0 radical (unpaired) electrons. The molecule has 5 rings (SSSR count). The molecule has 2 N–H and O–H groups in total. The van der Waals surface area contributed by atoms with Gasteiger partial charge in [-0.1, -0.05) is 65.4 Å². The van der Waals surface area contributed by atoms with Crippen LogP contribution in [0.3, 0.4) is 0 Å². The highest BCUT2D eigenvalue weighted by Gasteiger charge is 2.21. The molecule has 0 atom stereocenters. The Morgan fingerprint density at radius 3 is 2.61 bits per heavy atom. The number of thiazole rings is 1. The summed E-state index contributed by atoms with van der Waals surface area (Å²) in [7, 11) is 1.58. The Morgan fingerprint density at radius 2 is 1.84 bits per heavy atom. The monoisotopic (exact) mass is 545 g/mol. The molecule has 0 unspecified atom stereocenters. The first-order chi connectivity index (χ1) is 18.4. The lowest BCUT2D eigenvalue weighted by molar-refractivity contribution is 0.102. The third-order valence-corrected chi connectivity index (χ3v) is 7.18. The van der Waals surface area contributed by atoms with Crippen LogP contribution in [0.1, 0.15) is 27.3 Å². The fourth-order valence-corrected chi connectivity index (χ4v) is 5.25. The zero-order valence-electron chi connectivity index (χ0n) is 20.7. The molecule has 2 aromatic carbocycles. The predicted molar refractivity (Wildman–Crippen MR) is 152 cm³/mol. The zero-order chi connectivity index (χ0) is 26.6. The smallest absolute Gasteiger partial charge is 0.261 e. The number of benzene rings is 2. The molecular formula is C28H24ClN5O3S. The van der Waals surface area contributed by atoms with E-state index in [1.54, 1.807) is 32.2 Å². The first-order valence-corrected chi connectivity index (χ1v) is 13.0. The summed E-state index contributed by atoms with van der Waals surface area (Å²) >= 11 is 7.40. The Bertz CT molecular complexity index is 1680. The van der Waals surface area contributed by atoms with Gasteiger partial charge in [-0.25, -0.2) is 9.97 Å². The van der Waals surface area contributed by atoms with Gasteiger partial charge in [0.2, 0.25) is 0 Å². The number of ether oxygens (including phenoxy) is 1. The van der Waals surface area contributed by atoms with E-state index < -0.39 is 0 Å². The number of aromatic nitrogens is 3. The van der Waals surface area contributed by atoms with Crippen LogP contribution in [0.25, 0.3) is 10.2 Å². The van der Waals surface area contributed by atoms with Crippen LogP contribution in [0.4, 0.5) is 10.8 Å². The molecule has 0 spiro atoms. The van der Waals surface area contributed by atoms with Crippen molar-refractivity contribution in [2.45, 2.75) is 20.0 Å². The van der Waals surface area contributed by atoms with Crippen LogP contribution in [0.2, 0.25) is 5.15 Å². The molecule has 38 heavy (non-hydrogen) atoms. The van der Waals surface area contributed by atoms with Gasteiger partial charge in [0.15, 0.2) is 5.13 Å². The van der Waals surface area contributed by atoms with Gasteiger partial charge in [0.1, 0.15) is 16.4 Å². The summed E-state index contributed by atoms with van der Waals surface area (Å²) in [4.78, 5) is 35.8. The van der Waals surface area contributed by atoms with Crippen molar-refractivity contribution in [3.8, 4) is 5.75 Å². The van der Waals surface area contributed by atoms with Gasteiger partial charge in [-0.05, 0) is 36.8 Å². The van der Waals surface area contributed by atoms with Crippen LogP contribution in [0, 0.1) is 6.92 Å². The van der Waals surface area contributed by atoms with Crippen molar-refractivity contribution in [2.24, 2.45) is 0 Å². The van der Waals surface area contributed by atoms with Crippen LogP contribution >= 0.6 is 22.9 Å². The van der Waals surface area contributed by atoms with Crippen LogP contribution in [-0.2, 0) is 13.1 Å². The summed E-state index contributed by atoms with van der Waals surface area (Å²) in [5, 5.41) is 6.95. The standard InChI is InChI=1S/C28H24ClN5O3S/c1-17-25(27(36)33-28-32-26-21(37-2)11-7-12-22(26)38-28)20(30-15-18-8-4-3-5-9-18)14-24(35)34(17)16-19-10-6-13-23(29)31-19/h3-14,30H,15-16H2,1-2H3,(H,32,33,36). The molecule has 1 amide bonds. The SMILES string of the molecule is COc1cccc2sc(NC(=O)c3c(NCc4ccccc4)cc(=O)n(Cc4cccc(Cl)n4)c3C)nc12. The number of rotatable bonds is 8. The molecular weight excluding hydrogens is 522 g/mol. The van der Waals surface area contributed by atoms with E-state index >= 15 is 0 Å². The molecule has 0 aliphatic carbocycles. The predicted octanol–water partition coefficient (Wildman–Crippen LogP) is 5.74. The summed E-state index contributed by atoms with van der Waals surface area (Å²) in [6.45, 7) is 2.36. The van der Waals surface area contributed by atoms with Gasteiger partial charge in [-0.2, -0.15) is 0 Å². The summed E-state index contributed by atoms with van der Waals surface area (Å²) in [5.41, 5.74) is 3.30. The van der Waals surface area contributed by atoms with Crippen molar-refractivity contribution in [3.63, 3.8) is 0 Å². The Hall–Kier alpha value is -4.21. The van der Waals surface area contributed by atoms with Gasteiger partial charge in [-0.15, -0.1) is 0 Å². The second-order valence-electron chi connectivity index (χ2n) is 8.51. The maximum Gasteiger partial charge on any atom is 0.261 e. The minimum absolute atomic E-state index is 0.169. The van der Waals surface area contributed by atoms with Gasteiger partial charge in [0.25, 0.3) is 11.5 Å². The number of carbonyl (C=O) groups excluding carboxylic acids is 1. The Morgan fingerprint density at radius 1 is 1.05 bits per heavy atom.